The van der Waals surface area contributed by atoms with Crippen LogP contribution in [0.1, 0.15) is 0 Å². The second kappa shape index (κ2) is 7.59. The highest BCUT2D eigenvalue weighted by Crippen LogP contribution is 2.27. The third kappa shape index (κ3) is 4.07. The standard InChI is InChI=1S/C16H10ClFN6OS2/c17-9-1-4-11(5-2-9)24-16(21-22-23-24)26-8-14(25)20-15-19-12-6-3-10(18)7-13(12)27-15/h1-7H,8H2,(H,19,20,25). The molecule has 0 spiro atoms. The summed E-state index contributed by atoms with van der Waals surface area (Å²) in [6.07, 6.45) is 0. The average molecular weight is 421 g/mol. The third-order valence-corrected chi connectivity index (χ3v) is 5.55. The van der Waals surface area contributed by atoms with Crippen molar-refractivity contribution in [2.75, 3.05) is 11.1 Å². The molecule has 0 aliphatic heterocycles. The Bertz CT molecular complexity index is 1110. The molecule has 0 atom stereocenters. The van der Waals surface area contributed by atoms with Crippen LogP contribution < -0.4 is 5.32 Å². The van der Waals surface area contributed by atoms with Crippen LogP contribution in [0.3, 0.4) is 0 Å². The summed E-state index contributed by atoms with van der Waals surface area (Å²) in [5, 5.41) is 15.7. The molecule has 0 fully saturated rings. The molecule has 7 nitrogen and oxygen atoms in total. The summed E-state index contributed by atoms with van der Waals surface area (Å²) in [5.74, 6) is -0.503. The minimum Gasteiger partial charge on any atom is -0.301 e. The summed E-state index contributed by atoms with van der Waals surface area (Å²) in [7, 11) is 0. The van der Waals surface area contributed by atoms with Crippen LogP contribution in [0.4, 0.5) is 9.52 Å². The fourth-order valence-electron chi connectivity index (χ4n) is 2.25. The van der Waals surface area contributed by atoms with Gasteiger partial charge in [0.1, 0.15) is 5.82 Å². The fourth-order valence-corrected chi connectivity index (χ4v) is 3.97. The molecule has 2 aromatic carbocycles. The van der Waals surface area contributed by atoms with E-state index in [1.54, 1.807) is 30.3 Å². The molecule has 0 bridgehead atoms. The lowest BCUT2D eigenvalue weighted by Gasteiger charge is -2.04. The van der Waals surface area contributed by atoms with E-state index in [0.717, 1.165) is 5.69 Å². The highest BCUT2D eigenvalue weighted by molar-refractivity contribution is 7.99. The minimum absolute atomic E-state index is 0.0955. The van der Waals surface area contributed by atoms with Gasteiger partial charge in [-0.25, -0.2) is 9.37 Å². The zero-order valence-electron chi connectivity index (χ0n) is 13.5. The Morgan fingerprint density at radius 3 is 2.89 bits per heavy atom. The maximum atomic E-state index is 13.2. The largest absolute Gasteiger partial charge is 0.301 e. The second-order valence-electron chi connectivity index (χ2n) is 5.32. The molecule has 0 aliphatic carbocycles. The van der Waals surface area contributed by atoms with Gasteiger partial charge in [0.15, 0.2) is 5.13 Å². The number of nitrogens with zero attached hydrogens (tertiary/aromatic N) is 5. The van der Waals surface area contributed by atoms with Crippen molar-refractivity contribution in [2.45, 2.75) is 5.16 Å². The number of hydrogen-bond donors (Lipinski definition) is 1. The molecular weight excluding hydrogens is 411 g/mol. The maximum absolute atomic E-state index is 13.2. The first-order chi connectivity index (χ1) is 13.1. The van der Waals surface area contributed by atoms with Gasteiger partial charge in [-0.1, -0.05) is 34.7 Å². The van der Waals surface area contributed by atoms with Gasteiger partial charge in [-0.05, 0) is 52.9 Å². The number of hydrogen-bond acceptors (Lipinski definition) is 7. The minimum atomic E-state index is -0.339. The number of carbonyl (C=O) groups is 1. The van der Waals surface area contributed by atoms with Crippen molar-refractivity contribution >= 4 is 56.0 Å². The van der Waals surface area contributed by atoms with Crippen molar-refractivity contribution in [3.63, 3.8) is 0 Å². The number of benzene rings is 2. The Morgan fingerprint density at radius 2 is 2.07 bits per heavy atom. The van der Waals surface area contributed by atoms with Gasteiger partial charge >= 0.3 is 0 Å². The lowest BCUT2D eigenvalue weighted by Crippen LogP contribution is -2.14. The monoisotopic (exact) mass is 420 g/mol. The van der Waals surface area contributed by atoms with Gasteiger partial charge in [-0.15, -0.1) is 5.10 Å². The third-order valence-electron chi connectivity index (χ3n) is 3.44. The molecular formula is C16H10ClFN6OS2. The summed E-state index contributed by atoms with van der Waals surface area (Å²) in [5.41, 5.74) is 1.37. The van der Waals surface area contributed by atoms with Crippen molar-refractivity contribution in [1.29, 1.82) is 0 Å². The number of amides is 1. The first-order valence-electron chi connectivity index (χ1n) is 7.61. The smallest absolute Gasteiger partial charge is 0.236 e. The predicted octanol–water partition coefficient (Wildman–Crippen LogP) is 3.80. The number of halogens is 2. The molecule has 2 aromatic heterocycles. The first kappa shape index (κ1) is 17.8. The van der Waals surface area contributed by atoms with E-state index in [1.165, 1.54) is 39.9 Å². The van der Waals surface area contributed by atoms with Crippen LogP contribution in [0.25, 0.3) is 15.9 Å². The Morgan fingerprint density at radius 1 is 1.26 bits per heavy atom. The van der Waals surface area contributed by atoms with Crippen LogP contribution in [-0.4, -0.2) is 36.9 Å². The van der Waals surface area contributed by atoms with Gasteiger partial charge in [0.2, 0.25) is 11.1 Å². The molecule has 0 saturated heterocycles. The number of carbonyl (C=O) groups excluding carboxylic acids is 1. The second-order valence-corrected chi connectivity index (χ2v) is 7.73. The van der Waals surface area contributed by atoms with Crippen molar-refractivity contribution in [3.8, 4) is 5.69 Å². The van der Waals surface area contributed by atoms with Crippen LogP contribution in [0, 0.1) is 5.82 Å². The number of nitrogens with one attached hydrogen (secondary N) is 1. The van der Waals surface area contributed by atoms with E-state index < -0.39 is 0 Å². The molecule has 1 amide bonds. The molecule has 1 N–H and O–H groups in total. The Balaban J connectivity index is 1.42. The molecule has 2 heterocycles. The number of rotatable bonds is 5. The van der Waals surface area contributed by atoms with Gasteiger partial charge in [0.05, 0.1) is 21.7 Å². The number of fused-ring (bicyclic) bond motifs is 1. The highest BCUT2D eigenvalue weighted by Gasteiger charge is 2.13. The van der Waals surface area contributed by atoms with E-state index in [1.807, 2.05) is 0 Å². The summed E-state index contributed by atoms with van der Waals surface area (Å²) >= 11 is 8.29. The number of thioether (sulfide) groups is 1. The Hall–Kier alpha value is -2.56. The van der Waals surface area contributed by atoms with E-state index in [9.17, 15) is 9.18 Å². The Labute approximate surface area is 165 Å². The van der Waals surface area contributed by atoms with E-state index in [4.69, 9.17) is 11.6 Å². The van der Waals surface area contributed by atoms with E-state index in [2.05, 4.69) is 25.8 Å². The van der Waals surface area contributed by atoms with Crippen molar-refractivity contribution in [3.05, 3.63) is 53.3 Å². The molecule has 11 heteroatoms. The molecule has 4 rings (SSSR count). The Kier molecular flexibility index (Phi) is 5.01. The molecule has 27 heavy (non-hydrogen) atoms. The first-order valence-corrected chi connectivity index (χ1v) is 9.79. The van der Waals surface area contributed by atoms with Crippen LogP contribution in [0.5, 0.6) is 0 Å². The normalized spacial score (nSPS) is 11.0. The van der Waals surface area contributed by atoms with Crippen LogP contribution in [0.15, 0.2) is 47.6 Å². The zero-order chi connectivity index (χ0) is 18.8. The molecule has 136 valence electrons. The topological polar surface area (TPSA) is 85.6 Å². The average Bonchev–Trinajstić information content (AvgIpc) is 3.26. The van der Waals surface area contributed by atoms with Gasteiger partial charge in [-0.2, -0.15) is 4.68 Å². The van der Waals surface area contributed by atoms with Gasteiger partial charge in [0.25, 0.3) is 0 Å². The highest BCUT2D eigenvalue weighted by atomic mass is 35.5. The van der Waals surface area contributed by atoms with Crippen molar-refractivity contribution in [2.24, 2.45) is 0 Å². The van der Waals surface area contributed by atoms with Crippen molar-refractivity contribution < 1.29 is 9.18 Å². The van der Waals surface area contributed by atoms with Gasteiger partial charge in [-0.3, -0.25) is 4.79 Å². The quantitative estimate of drug-likeness (QED) is 0.494. The molecule has 4 aromatic rings. The molecule has 0 unspecified atom stereocenters. The lowest BCUT2D eigenvalue weighted by atomic mass is 10.3. The number of aromatic nitrogens is 5. The van der Waals surface area contributed by atoms with E-state index in [0.29, 0.717) is 25.5 Å². The fraction of sp³-hybridized carbons (Fsp3) is 0.0625. The summed E-state index contributed by atoms with van der Waals surface area (Å²) in [6, 6.07) is 11.3. The number of anilines is 1. The van der Waals surface area contributed by atoms with Gasteiger partial charge < -0.3 is 5.32 Å². The number of tetrazole rings is 1. The predicted molar refractivity (Wildman–Crippen MR) is 103 cm³/mol. The summed E-state index contributed by atoms with van der Waals surface area (Å²) in [4.78, 5) is 16.5. The summed E-state index contributed by atoms with van der Waals surface area (Å²) in [6.45, 7) is 0. The van der Waals surface area contributed by atoms with Crippen molar-refractivity contribution in [1.82, 2.24) is 25.2 Å². The van der Waals surface area contributed by atoms with Crippen LogP contribution in [0.2, 0.25) is 5.02 Å². The van der Waals surface area contributed by atoms with Crippen LogP contribution >= 0.6 is 34.7 Å². The lowest BCUT2D eigenvalue weighted by molar-refractivity contribution is -0.113. The van der Waals surface area contributed by atoms with Gasteiger partial charge in [0, 0.05) is 5.02 Å². The summed E-state index contributed by atoms with van der Waals surface area (Å²) < 4.78 is 15.4. The SMILES string of the molecule is O=C(CSc1nnnn1-c1ccc(Cl)cc1)Nc1nc2ccc(F)cc2s1. The number of thiazole rings is 1. The maximum Gasteiger partial charge on any atom is 0.236 e. The molecule has 0 aliphatic rings. The van der Waals surface area contributed by atoms with E-state index in [-0.39, 0.29) is 17.5 Å². The molecule has 0 saturated carbocycles. The molecule has 0 radical (unpaired) electrons. The van der Waals surface area contributed by atoms with E-state index >= 15 is 0 Å². The van der Waals surface area contributed by atoms with Crippen LogP contribution in [-0.2, 0) is 4.79 Å². The zero-order valence-corrected chi connectivity index (χ0v) is 15.9.